The highest BCUT2D eigenvalue weighted by Gasteiger charge is 2.35. The SMILES string of the molecule is CCCNC(CN1C(=O)CN(C)C1=O)c1ccccc1. The van der Waals surface area contributed by atoms with Gasteiger partial charge < -0.3 is 10.2 Å². The summed E-state index contributed by atoms with van der Waals surface area (Å²) in [5.41, 5.74) is 1.09. The number of nitrogens with zero attached hydrogens (tertiary/aromatic N) is 2. The van der Waals surface area contributed by atoms with Crippen molar-refractivity contribution in [3.05, 3.63) is 35.9 Å². The largest absolute Gasteiger partial charge is 0.327 e. The number of hydrogen-bond donors (Lipinski definition) is 1. The molecule has 1 aromatic carbocycles. The number of hydrogen-bond acceptors (Lipinski definition) is 3. The lowest BCUT2D eigenvalue weighted by Crippen LogP contribution is -2.39. The van der Waals surface area contributed by atoms with E-state index in [9.17, 15) is 9.59 Å². The van der Waals surface area contributed by atoms with Crippen LogP contribution >= 0.6 is 0 Å². The number of imide groups is 1. The molecule has 0 radical (unpaired) electrons. The zero-order valence-electron chi connectivity index (χ0n) is 12.0. The van der Waals surface area contributed by atoms with Crippen molar-refractivity contribution in [1.29, 1.82) is 0 Å². The van der Waals surface area contributed by atoms with Crippen LogP contribution in [-0.4, -0.2) is 48.4 Å². The number of carbonyl (C=O) groups excluding carboxylic acids is 2. The molecule has 0 spiro atoms. The van der Waals surface area contributed by atoms with Crippen LogP contribution in [0.2, 0.25) is 0 Å². The van der Waals surface area contributed by atoms with Crippen LogP contribution in [0.25, 0.3) is 0 Å². The van der Waals surface area contributed by atoms with E-state index in [1.165, 1.54) is 9.80 Å². The topological polar surface area (TPSA) is 52.7 Å². The Morgan fingerprint density at radius 2 is 1.95 bits per heavy atom. The summed E-state index contributed by atoms with van der Waals surface area (Å²) in [5.74, 6) is -0.128. The highest BCUT2D eigenvalue weighted by molar-refractivity contribution is 6.01. The van der Waals surface area contributed by atoms with E-state index >= 15 is 0 Å². The third kappa shape index (κ3) is 3.17. The highest BCUT2D eigenvalue weighted by Crippen LogP contribution is 2.17. The van der Waals surface area contributed by atoms with E-state index in [1.54, 1.807) is 7.05 Å². The molecule has 1 fully saturated rings. The Bertz CT molecular complexity index is 475. The van der Waals surface area contributed by atoms with Crippen LogP contribution in [0.1, 0.15) is 24.9 Å². The van der Waals surface area contributed by atoms with Gasteiger partial charge in [-0.05, 0) is 18.5 Å². The van der Waals surface area contributed by atoms with Gasteiger partial charge in [-0.3, -0.25) is 9.69 Å². The fraction of sp³-hybridized carbons (Fsp3) is 0.467. The molecule has 1 aromatic rings. The van der Waals surface area contributed by atoms with Crippen molar-refractivity contribution in [2.24, 2.45) is 0 Å². The van der Waals surface area contributed by atoms with Crippen LogP contribution < -0.4 is 5.32 Å². The van der Waals surface area contributed by atoms with Crippen LogP contribution in [0.15, 0.2) is 30.3 Å². The second-order valence-electron chi connectivity index (χ2n) is 5.06. The zero-order valence-corrected chi connectivity index (χ0v) is 12.0. The number of amides is 3. The van der Waals surface area contributed by atoms with Gasteiger partial charge in [0, 0.05) is 13.6 Å². The zero-order chi connectivity index (χ0) is 14.5. The number of likely N-dealkylation sites (N-methyl/N-ethyl adjacent to an activating group) is 1. The first kappa shape index (κ1) is 14.5. The van der Waals surface area contributed by atoms with Crippen LogP contribution in [0.4, 0.5) is 4.79 Å². The molecule has 1 atom stereocenters. The van der Waals surface area contributed by atoms with E-state index in [2.05, 4.69) is 12.2 Å². The van der Waals surface area contributed by atoms with E-state index in [0.29, 0.717) is 6.54 Å². The van der Waals surface area contributed by atoms with Crippen molar-refractivity contribution in [3.8, 4) is 0 Å². The van der Waals surface area contributed by atoms with Crippen molar-refractivity contribution >= 4 is 11.9 Å². The Kier molecular flexibility index (Phi) is 4.74. The van der Waals surface area contributed by atoms with Gasteiger partial charge in [0.05, 0.1) is 6.04 Å². The molecule has 20 heavy (non-hydrogen) atoms. The molecule has 3 amide bonds. The average molecular weight is 275 g/mol. The summed E-state index contributed by atoms with van der Waals surface area (Å²) in [6.45, 7) is 3.50. The third-order valence-electron chi connectivity index (χ3n) is 3.44. The molecule has 0 aliphatic carbocycles. The molecule has 0 saturated carbocycles. The minimum atomic E-state index is -0.214. The van der Waals surface area contributed by atoms with E-state index < -0.39 is 0 Å². The Labute approximate surface area is 119 Å². The van der Waals surface area contributed by atoms with Crippen LogP contribution in [-0.2, 0) is 4.79 Å². The predicted molar refractivity (Wildman–Crippen MR) is 77.2 cm³/mol. The first-order valence-electron chi connectivity index (χ1n) is 6.97. The van der Waals surface area contributed by atoms with Gasteiger partial charge in [0.25, 0.3) is 0 Å². The minimum absolute atomic E-state index is 0.0180. The summed E-state index contributed by atoms with van der Waals surface area (Å²) < 4.78 is 0. The smallest absolute Gasteiger partial charge is 0.318 e. The Morgan fingerprint density at radius 1 is 1.25 bits per heavy atom. The van der Waals surface area contributed by atoms with Gasteiger partial charge in [-0.15, -0.1) is 0 Å². The quantitative estimate of drug-likeness (QED) is 0.803. The van der Waals surface area contributed by atoms with Crippen LogP contribution in [0, 0.1) is 0 Å². The highest BCUT2D eigenvalue weighted by atomic mass is 16.2. The van der Waals surface area contributed by atoms with Crippen molar-refractivity contribution in [1.82, 2.24) is 15.1 Å². The average Bonchev–Trinajstić information content (AvgIpc) is 2.70. The number of nitrogens with one attached hydrogen (secondary N) is 1. The lowest BCUT2D eigenvalue weighted by atomic mass is 10.1. The fourth-order valence-corrected chi connectivity index (χ4v) is 2.32. The van der Waals surface area contributed by atoms with Crippen molar-refractivity contribution < 1.29 is 9.59 Å². The molecule has 1 aliphatic heterocycles. The molecule has 1 saturated heterocycles. The van der Waals surface area contributed by atoms with E-state index in [-0.39, 0.29) is 24.5 Å². The van der Waals surface area contributed by atoms with Gasteiger partial charge in [-0.25, -0.2) is 4.79 Å². The Morgan fingerprint density at radius 3 is 2.50 bits per heavy atom. The van der Waals surface area contributed by atoms with Crippen molar-refractivity contribution in [3.63, 3.8) is 0 Å². The number of carbonyl (C=O) groups is 2. The van der Waals surface area contributed by atoms with E-state index in [1.807, 2.05) is 30.3 Å². The summed E-state index contributed by atoms with van der Waals surface area (Å²) in [6, 6.07) is 9.69. The summed E-state index contributed by atoms with van der Waals surface area (Å²) >= 11 is 0. The summed E-state index contributed by atoms with van der Waals surface area (Å²) in [5, 5.41) is 3.40. The number of rotatable bonds is 6. The van der Waals surface area contributed by atoms with Gasteiger partial charge in [0.15, 0.2) is 0 Å². The number of benzene rings is 1. The summed E-state index contributed by atoms with van der Waals surface area (Å²) in [4.78, 5) is 26.6. The first-order chi connectivity index (χ1) is 9.63. The van der Waals surface area contributed by atoms with Crippen molar-refractivity contribution in [2.45, 2.75) is 19.4 Å². The van der Waals surface area contributed by atoms with Gasteiger partial charge in [-0.2, -0.15) is 0 Å². The maximum atomic E-state index is 12.0. The minimum Gasteiger partial charge on any atom is -0.318 e. The molecular weight excluding hydrogens is 254 g/mol. The van der Waals surface area contributed by atoms with E-state index in [0.717, 1.165) is 18.5 Å². The maximum absolute atomic E-state index is 12.0. The monoisotopic (exact) mass is 275 g/mol. The molecule has 2 rings (SSSR count). The summed E-state index contributed by atoms with van der Waals surface area (Å²) in [7, 11) is 1.65. The molecular formula is C15H21N3O2. The standard InChI is InChI=1S/C15H21N3O2/c1-3-9-16-13(12-7-5-4-6-8-12)10-18-14(19)11-17(2)15(18)20/h4-8,13,16H,3,9-11H2,1-2H3. The van der Waals surface area contributed by atoms with Gasteiger partial charge in [0.1, 0.15) is 6.54 Å². The van der Waals surface area contributed by atoms with Crippen LogP contribution in [0.3, 0.4) is 0 Å². The van der Waals surface area contributed by atoms with E-state index in [4.69, 9.17) is 0 Å². The van der Waals surface area contributed by atoms with Gasteiger partial charge in [0.2, 0.25) is 5.91 Å². The molecule has 5 nitrogen and oxygen atoms in total. The van der Waals surface area contributed by atoms with Crippen molar-refractivity contribution in [2.75, 3.05) is 26.7 Å². The Balaban J connectivity index is 2.12. The normalized spacial score (nSPS) is 16.9. The molecule has 1 N–H and O–H groups in total. The first-order valence-corrected chi connectivity index (χ1v) is 6.97. The molecule has 1 unspecified atom stereocenters. The molecule has 108 valence electrons. The lowest BCUT2D eigenvalue weighted by Gasteiger charge is -2.23. The number of urea groups is 1. The lowest BCUT2D eigenvalue weighted by molar-refractivity contribution is -0.125. The van der Waals surface area contributed by atoms with Crippen LogP contribution in [0.5, 0.6) is 0 Å². The molecule has 0 aromatic heterocycles. The molecule has 1 heterocycles. The molecule has 0 bridgehead atoms. The molecule has 5 heteroatoms. The molecule has 1 aliphatic rings. The maximum Gasteiger partial charge on any atom is 0.327 e. The summed E-state index contributed by atoms with van der Waals surface area (Å²) in [6.07, 6.45) is 1.01. The predicted octanol–water partition coefficient (Wildman–Crippen LogP) is 1.62. The van der Waals surface area contributed by atoms with Gasteiger partial charge in [-0.1, -0.05) is 37.3 Å². The Hall–Kier alpha value is -1.88. The second kappa shape index (κ2) is 6.52. The second-order valence-corrected chi connectivity index (χ2v) is 5.06. The third-order valence-corrected chi connectivity index (χ3v) is 3.44. The van der Waals surface area contributed by atoms with Gasteiger partial charge >= 0.3 is 6.03 Å². The fourth-order valence-electron chi connectivity index (χ4n) is 2.32.